The molecule has 1 heterocycles. The van der Waals surface area contributed by atoms with Crippen LogP contribution in [0.25, 0.3) is 5.69 Å². The highest BCUT2D eigenvalue weighted by Gasteiger charge is 2.09. The summed E-state index contributed by atoms with van der Waals surface area (Å²) in [5.41, 5.74) is 1.81. The highest BCUT2D eigenvalue weighted by Crippen LogP contribution is 2.27. The number of hydrogen-bond acceptors (Lipinski definition) is 5. The van der Waals surface area contributed by atoms with Gasteiger partial charge in [-0.05, 0) is 52.0 Å². The van der Waals surface area contributed by atoms with Crippen LogP contribution >= 0.6 is 11.8 Å². The van der Waals surface area contributed by atoms with Gasteiger partial charge < -0.3 is 5.11 Å². The Bertz CT molecular complexity index is 682. The van der Waals surface area contributed by atoms with Crippen LogP contribution in [0, 0.1) is 0 Å². The summed E-state index contributed by atoms with van der Waals surface area (Å²) in [7, 11) is 0. The van der Waals surface area contributed by atoms with Crippen molar-refractivity contribution in [1.82, 2.24) is 20.2 Å². The zero-order valence-corrected chi connectivity index (χ0v) is 11.4. The number of benzene rings is 2. The molecule has 1 N–H and O–H groups in total. The average Bonchev–Trinajstić information content (AvgIpc) is 2.97. The second-order valence-electron chi connectivity index (χ2n) is 4.11. The van der Waals surface area contributed by atoms with Crippen LogP contribution in [0.2, 0.25) is 0 Å². The van der Waals surface area contributed by atoms with Crippen molar-refractivity contribution in [2.75, 3.05) is 0 Å². The van der Waals surface area contributed by atoms with E-state index in [0.29, 0.717) is 5.16 Å². The Balaban J connectivity index is 1.86. The van der Waals surface area contributed by atoms with Gasteiger partial charge in [-0.15, -0.1) is 5.10 Å². The van der Waals surface area contributed by atoms with Crippen LogP contribution in [0.15, 0.2) is 64.6 Å². The molecule has 1 aromatic heterocycles. The molecule has 0 aliphatic heterocycles. The van der Waals surface area contributed by atoms with Crippen molar-refractivity contribution in [1.29, 1.82) is 0 Å². The van der Waals surface area contributed by atoms with Crippen molar-refractivity contribution in [3.05, 3.63) is 60.2 Å². The van der Waals surface area contributed by atoms with Gasteiger partial charge in [0.2, 0.25) is 5.16 Å². The molecule has 100 valence electrons. The molecule has 0 saturated carbocycles. The number of para-hydroxylation sites is 1. The molecule has 0 bridgehead atoms. The first-order valence-corrected chi connectivity index (χ1v) is 6.90. The Morgan fingerprint density at radius 2 is 1.75 bits per heavy atom. The van der Waals surface area contributed by atoms with Gasteiger partial charge in [0, 0.05) is 4.90 Å². The van der Waals surface area contributed by atoms with Crippen LogP contribution in [0.1, 0.15) is 5.56 Å². The van der Waals surface area contributed by atoms with Crippen molar-refractivity contribution in [2.24, 2.45) is 0 Å². The van der Waals surface area contributed by atoms with E-state index >= 15 is 0 Å². The van der Waals surface area contributed by atoms with Gasteiger partial charge in [0.05, 0.1) is 12.3 Å². The molecule has 0 saturated heterocycles. The van der Waals surface area contributed by atoms with Crippen molar-refractivity contribution in [2.45, 2.75) is 16.7 Å². The van der Waals surface area contributed by atoms with Gasteiger partial charge >= 0.3 is 0 Å². The molecule has 0 amide bonds. The topological polar surface area (TPSA) is 63.8 Å². The molecule has 5 nitrogen and oxygen atoms in total. The summed E-state index contributed by atoms with van der Waals surface area (Å²) in [6.45, 7) is 0.0483. The second kappa shape index (κ2) is 5.85. The summed E-state index contributed by atoms with van der Waals surface area (Å²) < 4.78 is 1.70. The van der Waals surface area contributed by atoms with E-state index in [4.69, 9.17) is 5.11 Å². The van der Waals surface area contributed by atoms with Gasteiger partial charge in [-0.1, -0.05) is 30.3 Å². The minimum Gasteiger partial charge on any atom is -0.392 e. The number of aliphatic hydroxyl groups is 1. The normalized spacial score (nSPS) is 10.7. The highest BCUT2D eigenvalue weighted by atomic mass is 32.2. The molecule has 0 atom stereocenters. The fraction of sp³-hybridized carbons (Fsp3) is 0.0714. The van der Waals surface area contributed by atoms with Gasteiger partial charge in [-0.3, -0.25) is 0 Å². The van der Waals surface area contributed by atoms with E-state index in [1.807, 2.05) is 54.6 Å². The molecule has 0 aliphatic carbocycles. The number of nitrogens with zero attached hydrogens (tertiary/aromatic N) is 4. The smallest absolute Gasteiger partial charge is 0.218 e. The van der Waals surface area contributed by atoms with E-state index in [9.17, 15) is 0 Å². The first-order valence-electron chi connectivity index (χ1n) is 6.08. The van der Waals surface area contributed by atoms with Gasteiger partial charge in [-0.2, -0.15) is 4.68 Å². The van der Waals surface area contributed by atoms with E-state index < -0.39 is 0 Å². The van der Waals surface area contributed by atoms with Crippen LogP contribution in [0.3, 0.4) is 0 Å². The van der Waals surface area contributed by atoms with Gasteiger partial charge in [0.1, 0.15) is 0 Å². The van der Waals surface area contributed by atoms with E-state index in [0.717, 1.165) is 16.1 Å². The molecule has 0 aliphatic rings. The lowest BCUT2D eigenvalue weighted by molar-refractivity contribution is 0.282. The highest BCUT2D eigenvalue weighted by molar-refractivity contribution is 7.99. The number of aliphatic hydroxyl groups excluding tert-OH is 1. The molecule has 0 fully saturated rings. The molecule has 0 spiro atoms. The van der Waals surface area contributed by atoms with Gasteiger partial charge in [0.15, 0.2) is 0 Å². The molecule has 0 unspecified atom stereocenters. The van der Waals surface area contributed by atoms with Crippen molar-refractivity contribution in [3.8, 4) is 5.69 Å². The van der Waals surface area contributed by atoms with Crippen LogP contribution in [-0.2, 0) is 6.61 Å². The molecule has 2 aromatic carbocycles. The molecular weight excluding hydrogens is 272 g/mol. The zero-order valence-electron chi connectivity index (χ0n) is 10.5. The molecular formula is C14H12N4OS. The summed E-state index contributed by atoms with van der Waals surface area (Å²) in [6, 6.07) is 17.4. The van der Waals surface area contributed by atoms with E-state index in [2.05, 4.69) is 15.5 Å². The third-order valence-electron chi connectivity index (χ3n) is 2.76. The van der Waals surface area contributed by atoms with Crippen LogP contribution < -0.4 is 0 Å². The molecule has 20 heavy (non-hydrogen) atoms. The number of aromatic nitrogens is 4. The lowest BCUT2D eigenvalue weighted by Crippen LogP contribution is -1.98. The summed E-state index contributed by atoms with van der Waals surface area (Å²) in [4.78, 5) is 1.02. The van der Waals surface area contributed by atoms with E-state index in [1.165, 1.54) is 11.8 Å². The van der Waals surface area contributed by atoms with Crippen molar-refractivity contribution in [3.63, 3.8) is 0 Å². The van der Waals surface area contributed by atoms with Crippen LogP contribution in [0.4, 0.5) is 0 Å². The summed E-state index contributed by atoms with van der Waals surface area (Å²) >= 11 is 1.48. The molecule has 3 aromatic rings. The maximum Gasteiger partial charge on any atom is 0.218 e. The largest absolute Gasteiger partial charge is 0.392 e. The Labute approximate surface area is 120 Å². The first kappa shape index (κ1) is 12.8. The van der Waals surface area contributed by atoms with Crippen molar-refractivity contribution < 1.29 is 5.11 Å². The zero-order chi connectivity index (χ0) is 13.8. The van der Waals surface area contributed by atoms with E-state index in [-0.39, 0.29) is 6.61 Å². The maximum atomic E-state index is 9.03. The lowest BCUT2D eigenvalue weighted by Gasteiger charge is -2.04. The fourth-order valence-electron chi connectivity index (χ4n) is 1.74. The summed E-state index contributed by atoms with van der Waals surface area (Å²) in [5.74, 6) is 0. The van der Waals surface area contributed by atoms with Crippen LogP contribution in [0.5, 0.6) is 0 Å². The predicted molar refractivity (Wildman–Crippen MR) is 75.6 cm³/mol. The number of hydrogen-bond donors (Lipinski definition) is 1. The van der Waals surface area contributed by atoms with Gasteiger partial charge in [0.25, 0.3) is 0 Å². The predicted octanol–water partition coefficient (Wildman–Crippen LogP) is 2.31. The first-order chi connectivity index (χ1) is 9.86. The fourth-order valence-corrected chi connectivity index (χ4v) is 2.53. The third kappa shape index (κ3) is 2.71. The lowest BCUT2D eigenvalue weighted by atomic mass is 10.2. The Hall–Kier alpha value is -2.18. The number of tetrazole rings is 1. The van der Waals surface area contributed by atoms with E-state index in [1.54, 1.807) is 4.68 Å². The Morgan fingerprint density at radius 3 is 2.45 bits per heavy atom. The standard InChI is InChI=1S/C14H12N4OS/c19-10-11-6-8-13(9-7-11)20-14-15-16-17-18(14)12-4-2-1-3-5-12/h1-9,19H,10H2. The summed E-state index contributed by atoms with van der Waals surface area (Å²) in [6.07, 6.45) is 0. The maximum absolute atomic E-state index is 9.03. The second-order valence-corrected chi connectivity index (χ2v) is 5.15. The molecule has 6 heteroatoms. The number of rotatable bonds is 4. The third-order valence-corrected chi connectivity index (χ3v) is 3.70. The summed E-state index contributed by atoms with van der Waals surface area (Å²) in [5, 5.41) is 21.5. The van der Waals surface area contributed by atoms with Gasteiger partial charge in [-0.25, -0.2) is 0 Å². The van der Waals surface area contributed by atoms with Crippen LogP contribution in [-0.4, -0.2) is 25.3 Å². The Kier molecular flexibility index (Phi) is 3.76. The Morgan fingerprint density at radius 1 is 1.00 bits per heavy atom. The monoisotopic (exact) mass is 284 g/mol. The molecule has 3 rings (SSSR count). The minimum absolute atomic E-state index is 0.0483. The molecule has 0 radical (unpaired) electrons. The average molecular weight is 284 g/mol. The SMILES string of the molecule is OCc1ccc(Sc2nnnn2-c2ccccc2)cc1. The minimum atomic E-state index is 0.0483. The quantitative estimate of drug-likeness (QED) is 0.796. The van der Waals surface area contributed by atoms with Crippen molar-refractivity contribution >= 4 is 11.8 Å².